The molecule has 2 aromatic rings. The van der Waals surface area contributed by atoms with Crippen molar-refractivity contribution in [1.29, 1.82) is 0 Å². The average Bonchev–Trinajstić information content (AvgIpc) is 3.12. The number of fused-ring (bicyclic) bond motifs is 1. The van der Waals surface area contributed by atoms with E-state index < -0.39 is 6.10 Å². The SMILES string of the molecule is CO[C@@H]1C[C@H](C(=O)N2CCC(c3nc4ccccc4o3)CC2)CC[C@@H]1O. The lowest BCUT2D eigenvalue weighted by Gasteiger charge is -2.37. The first-order chi connectivity index (χ1) is 12.7. The molecule has 6 nitrogen and oxygen atoms in total. The van der Waals surface area contributed by atoms with Crippen LogP contribution in [0.2, 0.25) is 0 Å². The summed E-state index contributed by atoms with van der Waals surface area (Å²) in [5.41, 5.74) is 1.72. The molecule has 0 spiro atoms. The lowest BCUT2D eigenvalue weighted by atomic mass is 9.83. The highest BCUT2D eigenvalue weighted by Gasteiger charge is 2.36. The molecule has 3 atom stereocenters. The minimum atomic E-state index is -0.450. The number of carbonyl (C=O) groups is 1. The van der Waals surface area contributed by atoms with Crippen LogP contribution < -0.4 is 0 Å². The topological polar surface area (TPSA) is 75.8 Å². The Balaban J connectivity index is 1.36. The fourth-order valence-corrected chi connectivity index (χ4v) is 4.26. The first-order valence-electron chi connectivity index (χ1n) is 9.51. The molecule has 140 valence electrons. The lowest BCUT2D eigenvalue weighted by Crippen LogP contribution is -2.45. The number of rotatable bonds is 3. The summed E-state index contributed by atoms with van der Waals surface area (Å²) in [4.78, 5) is 19.4. The van der Waals surface area contributed by atoms with Gasteiger partial charge in [-0.25, -0.2) is 4.98 Å². The number of aliphatic hydroxyl groups is 1. The first kappa shape index (κ1) is 17.5. The first-order valence-corrected chi connectivity index (χ1v) is 9.51. The number of aromatic nitrogens is 1. The Morgan fingerprint density at radius 3 is 2.73 bits per heavy atom. The Bertz CT molecular complexity index is 733. The number of carbonyl (C=O) groups excluding carboxylic acids is 1. The molecule has 1 aliphatic heterocycles. The van der Waals surface area contributed by atoms with Crippen molar-refractivity contribution in [3.8, 4) is 0 Å². The van der Waals surface area contributed by atoms with Crippen molar-refractivity contribution in [3.63, 3.8) is 0 Å². The number of amides is 1. The van der Waals surface area contributed by atoms with Crippen LogP contribution in [0.4, 0.5) is 0 Å². The van der Waals surface area contributed by atoms with Crippen molar-refractivity contribution in [1.82, 2.24) is 9.88 Å². The second-order valence-electron chi connectivity index (χ2n) is 7.47. The molecule has 26 heavy (non-hydrogen) atoms. The molecule has 0 radical (unpaired) electrons. The molecule has 1 saturated carbocycles. The van der Waals surface area contributed by atoms with Crippen LogP contribution >= 0.6 is 0 Å². The molecule has 2 heterocycles. The van der Waals surface area contributed by atoms with Gasteiger partial charge in [-0.05, 0) is 44.2 Å². The monoisotopic (exact) mass is 358 g/mol. The van der Waals surface area contributed by atoms with Crippen LogP contribution in [0.15, 0.2) is 28.7 Å². The second-order valence-corrected chi connectivity index (χ2v) is 7.47. The van der Waals surface area contributed by atoms with Gasteiger partial charge >= 0.3 is 0 Å². The molecule has 1 aromatic heterocycles. The molecule has 1 aromatic carbocycles. The molecule has 2 fully saturated rings. The molecular formula is C20H26N2O4. The molecule has 0 unspecified atom stereocenters. The van der Waals surface area contributed by atoms with Gasteiger partial charge in [-0.3, -0.25) is 4.79 Å². The van der Waals surface area contributed by atoms with Crippen molar-refractivity contribution in [3.05, 3.63) is 30.2 Å². The predicted octanol–water partition coefficient (Wildman–Crippen LogP) is 2.71. The van der Waals surface area contributed by atoms with Crippen LogP contribution in [-0.2, 0) is 9.53 Å². The Morgan fingerprint density at radius 1 is 1.23 bits per heavy atom. The van der Waals surface area contributed by atoms with Gasteiger partial charge in [0.15, 0.2) is 11.5 Å². The normalized spacial score (nSPS) is 27.8. The molecule has 0 bridgehead atoms. The van der Waals surface area contributed by atoms with E-state index in [1.54, 1.807) is 7.11 Å². The number of nitrogens with zero attached hydrogens (tertiary/aromatic N) is 2. The van der Waals surface area contributed by atoms with Crippen molar-refractivity contribution in [2.75, 3.05) is 20.2 Å². The number of ether oxygens (including phenoxy) is 1. The van der Waals surface area contributed by atoms with Crippen molar-refractivity contribution >= 4 is 17.0 Å². The van der Waals surface area contributed by atoms with E-state index in [1.807, 2.05) is 29.2 Å². The number of benzene rings is 1. The van der Waals surface area contributed by atoms with Gasteiger partial charge in [0, 0.05) is 32.0 Å². The highest BCUT2D eigenvalue weighted by atomic mass is 16.5. The second kappa shape index (κ2) is 7.37. The molecule has 1 N–H and O–H groups in total. The molecule has 1 amide bonds. The number of hydrogen-bond donors (Lipinski definition) is 1. The smallest absolute Gasteiger partial charge is 0.225 e. The van der Waals surface area contributed by atoms with Crippen molar-refractivity contribution in [2.45, 2.75) is 50.2 Å². The minimum absolute atomic E-state index is 0.0378. The van der Waals surface area contributed by atoms with Gasteiger partial charge in [0.2, 0.25) is 5.91 Å². The number of likely N-dealkylation sites (tertiary alicyclic amines) is 1. The van der Waals surface area contributed by atoms with Gasteiger partial charge in [0.05, 0.1) is 12.2 Å². The molecule has 2 aliphatic rings. The maximum absolute atomic E-state index is 12.9. The fourth-order valence-electron chi connectivity index (χ4n) is 4.26. The summed E-state index contributed by atoms with van der Waals surface area (Å²) < 4.78 is 11.2. The quantitative estimate of drug-likeness (QED) is 0.913. The highest BCUT2D eigenvalue weighted by Crippen LogP contribution is 2.33. The summed E-state index contributed by atoms with van der Waals surface area (Å²) in [7, 11) is 1.60. The number of oxazole rings is 1. The molecular weight excluding hydrogens is 332 g/mol. The number of hydrogen-bond acceptors (Lipinski definition) is 5. The van der Waals surface area contributed by atoms with Crippen molar-refractivity contribution < 1.29 is 19.1 Å². The summed E-state index contributed by atoms with van der Waals surface area (Å²) in [6.07, 6.45) is 3.06. The highest BCUT2D eigenvalue weighted by molar-refractivity contribution is 5.79. The lowest BCUT2D eigenvalue weighted by molar-refractivity contribution is -0.142. The molecule has 1 aliphatic carbocycles. The van der Waals surface area contributed by atoms with Crippen LogP contribution in [0.3, 0.4) is 0 Å². The average molecular weight is 358 g/mol. The zero-order chi connectivity index (χ0) is 18.1. The van der Waals surface area contributed by atoms with E-state index in [0.717, 1.165) is 49.3 Å². The summed E-state index contributed by atoms with van der Waals surface area (Å²) in [6, 6.07) is 7.82. The maximum Gasteiger partial charge on any atom is 0.225 e. The van der Waals surface area contributed by atoms with E-state index in [9.17, 15) is 9.90 Å². The van der Waals surface area contributed by atoms with Crippen LogP contribution in [0.25, 0.3) is 11.1 Å². The third kappa shape index (κ3) is 3.35. The maximum atomic E-state index is 12.9. The summed E-state index contributed by atoms with van der Waals surface area (Å²) in [5.74, 6) is 1.23. The van der Waals surface area contributed by atoms with Gasteiger partial charge in [-0.15, -0.1) is 0 Å². The fraction of sp³-hybridized carbons (Fsp3) is 0.600. The van der Waals surface area contributed by atoms with E-state index in [1.165, 1.54) is 0 Å². The third-order valence-electron chi connectivity index (χ3n) is 5.88. The van der Waals surface area contributed by atoms with Crippen LogP contribution in [-0.4, -0.2) is 53.3 Å². The van der Waals surface area contributed by atoms with Crippen LogP contribution in [0.1, 0.15) is 43.9 Å². The predicted molar refractivity (Wildman–Crippen MR) is 96.7 cm³/mol. The van der Waals surface area contributed by atoms with Gasteiger partial charge in [-0.1, -0.05) is 12.1 Å². The van der Waals surface area contributed by atoms with Gasteiger partial charge in [-0.2, -0.15) is 0 Å². The third-order valence-corrected chi connectivity index (χ3v) is 5.88. The Kier molecular flexibility index (Phi) is 4.96. The zero-order valence-electron chi connectivity index (χ0n) is 15.1. The number of para-hydroxylation sites is 2. The van der Waals surface area contributed by atoms with Crippen LogP contribution in [0.5, 0.6) is 0 Å². The number of methoxy groups -OCH3 is 1. The molecule has 6 heteroatoms. The van der Waals surface area contributed by atoms with E-state index in [0.29, 0.717) is 12.8 Å². The Morgan fingerprint density at radius 2 is 2.00 bits per heavy atom. The zero-order valence-corrected chi connectivity index (χ0v) is 15.1. The van der Waals surface area contributed by atoms with Gasteiger partial charge in [0.25, 0.3) is 0 Å². The number of piperidine rings is 1. The Hall–Kier alpha value is -1.92. The Labute approximate surface area is 153 Å². The van der Waals surface area contributed by atoms with E-state index in [4.69, 9.17) is 9.15 Å². The molecule has 4 rings (SSSR count). The van der Waals surface area contributed by atoms with E-state index >= 15 is 0 Å². The summed E-state index contributed by atoms with van der Waals surface area (Å²) in [5, 5.41) is 9.93. The van der Waals surface area contributed by atoms with E-state index in [2.05, 4.69) is 4.98 Å². The minimum Gasteiger partial charge on any atom is -0.440 e. The van der Waals surface area contributed by atoms with Crippen LogP contribution in [0, 0.1) is 5.92 Å². The standard InChI is InChI=1S/C20H26N2O4/c1-25-18-12-14(6-7-16(18)23)20(24)22-10-8-13(9-11-22)19-21-15-4-2-3-5-17(15)26-19/h2-5,13-14,16,18,23H,6-12H2,1H3/t14-,16+,18-/m1/s1. The number of aliphatic hydroxyl groups excluding tert-OH is 1. The largest absolute Gasteiger partial charge is 0.440 e. The molecule has 1 saturated heterocycles. The van der Waals surface area contributed by atoms with Gasteiger partial charge in [0.1, 0.15) is 5.52 Å². The van der Waals surface area contributed by atoms with Gasteiger partial charge < -0.3 is 19.2 Å². The van der Waals surface area contributed by atoms with E-state index in [-0.39, 0.29) is 23.8 Å². The summed E-state index contributed by atoms with van der Waals surface area (Å²) >= 11 is 0. The van der Waals surface area contributed by atoms with Crippen molar-refractivity contribution in [2.24, 2.45) is 5.92 Å². The summed E-state index contributed by atoms with van der Waals surface area (Å²) in [6.45, 7) is 1.47.